The van der Waals surface area contributed by atoms with Crippen molar-refractivity contribution < 1.29 is 12.8 Å². The van der Waals surface area contributed by atoms with Crippen LogP contribution in [0, 0.1) is 12.7 Å². The quantitative estimate of drug-likeness (QED) is 0.758. The first kappa shape index (κ1) is 17.2. The second-order valence-electron chi connectivity index (χ2n) is 5.65. The van der Waals surface area contributed by atoms with Gasteiger partial charge < -0.3 is 0 Å². The number of aromatic nitrogens is 3. The zero-order valence-corrected chi connectivity index (χ0v) is 14.6. The molecule has 6 nitrogen and oxygen atoms in total. The Bertz CT molecular complexity index is 1010. The minimum Gasteiger partial charge on any atom is -0.275 e. The lowest BCUT2D eigenvalue weighted by Gasteiger charge is -2.10. The summed E-state index contributed by atoms with van der Waals surface area (Å²) in [5.74, 6) is -0.440. The maximum absolute atomic E-state index is 13.3. The summed E-state index contributed by atoms with van der Waals surface area (Å²) in [4.78, 5) is 4.35. The molecule has 1 N–H and O–H groups in total. The zero-order chi connectivity index (χ0) is 18.0. The highest BCUT2D eigenvalue weighted by Crippen LogP contribution is 2.21. The van der Waals surface area contributed by atoms with Gasteiger partial charge in [0.05, 0.1) is 16.8 Å². The second-order valence-corrected chi connectivity index (χ2v) is 7.42. The first-order valence-corrected chi connectivity index (χ1v) is 9.04. The summed E-state index contributed by atoms with van der Waals surface area (Å²) in [6, 6.07) is 7.24. The van der Waals surface area contributed by atoms with Gasteiger partial charge >= 0.3 is 0 Å². The van der Waals surface area contributed by atoms with Crippen LogP contribution in [0.25, 0.3) is 11.3 Å². The van der Waals surface area contributed by atoms with Gasteiger partial charge in [0.25, 0.3) is 0 Å². The van der Waals surface area contributed by atoms with Crippen LogP contribution in [0.5, 0.6) is 0 Å². The predicted octanol–water partition coefficient (Wildman–Crippen LogP) is 2.41. The number of pyridine rings is 1. The maximum Gasteiger partial charge on any atom is 0.240 e. The lowest BCUT2D eigenvalue weighted by molar-refractivity contribution is 0.579. The Hall–Kier alpha value is -2.58. The summed E-state index contributed by atoms with van der Waals surface area (Å²) in [6.45, 7) is 1.59. The topological polar surface area (TPSA) is 76.9 Å². The van der Waals surface area contributed by atoms with Crippen molar-refractivity contribution in [2.75, 3.05) is 0 Å². The molecule has 0 aliphatic carbocycles. The van der Waals surface area contributed by atoms with Crippen LogP contribution in [0.1, 0.15) is 11.1 Å². The minimum atomic E-state index is -3.76. The van der Waals surface area contributed by atoms with Crippen molar-refractivity contribution in [3.05, 3.63) is 65.9 Å². The highest BCUT2D eigenvalue weighted by atomic mass is 32.2. The zero-order valence-electron chi connectivity index (χ0n) is 13.8. The van der Waals surface area contributed by atoms with Gasteiger partial charge in [-0.3, -0.25) is 9.67 Å². The summed E-state index contributed by atoms with van der Waals surface area (Å²) in [5, 5.41) is 4.11. The summed E-state index contributed by atoms with van der Waals surface area (Å²) in [5.41, 5.74) is 2.46. The minimum absolute atomic E-state index is 0.0261. The van der Waals surface area contributed by atoms with Gasteiger partial charge in [0.15, 0.2) is 0 Å². The molecule has 0 bridgehead atoms. The number of hydrogen-bond acceptors (Lipinski definition) is 4. The molecule has 130 valence electrons. The highest BCUT2D eigenvalue weighted by molar-refractivity contribution is 7.89. The number of sulfonamides is 1. The van der Waals surface area contributed by atoms with Gasteiger partial charge in [-0.25, -0.2) is 17.5 Å². The van der Waals surface area contributed by atoms with Crippen molar-refractivity contribution in [1.82, 2.24) is 19.5 Å². The molecule has 0 spiro atoms. The Balaban J connectivity index is 1.85. The fraction of sp³-hybridized carbons (Fsp3) is 0.176. The van der Waals surface area contributed by atoms with E-state index in [0.29, 0.717) is 5.69 Å². The Morgan fingerprint density at radius 3 is 2.76 bits per heavy atom. The molecule has 0 saturated heterocycles. The van der Waals surface area contributed by atoms with Crippen LogP contribution < -0.4 is 4.72 Å². The normalized spacial score (nSPS) is 11.6. The fourth-order valence-corrected chi connectivity index (χ4v) is 3.52. The van der Waals surface area contributed by atoms with Crippen LogP contribution in [-0.4, -0.2) is 23.2 Å². The number of nitrogens with one attached hydrogen (secondary N) is 1. The van der Waals surface area contributed by atoms with E-state index in [1.54, 1.807) is 36.3 Å². The third-order valence-corrected chi connectivity index (χ3v) is 5.16. The number of rotatable bonds is 5. The average Bonchev–Trinajstić information content (AvgIpc) is 3.02. The van der Waals surface area contributed by atoms with Crippen LogP contribution in [0.15, 0.2) is 53.8 Å². The van der Waals surface area contributed by atoms with Crippen LogP contribution in [0.2, 0.25) is 0 Å². The van der Waals surface area contributed by atoms with E-state index in [-0.39, 0.29) is 17.0 Å². The predicted molar refractivity (Wildman–Crippen MR) is 91.6 cm³/mol. The maximum atomic E-state index is 13.3. The molecule has 0 unspecified atom stereocenters. The fourth-order valence-electron chi connectivity index (χ4n) is 2.43. The van der Waals surface area contributed by atoms with E-state index in [1.807, 2.05) is 6.20 Å². The van der Waals surface area contributed by atoms with Crippen molar-refractivity contribution in [3.8, 4) is 11.3 Å². The van der Waals surface area contributed by atoms with E-state index in [2.05, 4.69) is 14.8 Å². The van der Waals surface area contributed by atoms with Crippen molar-refractivity contribution in [1.29, 1.82) is 0 Å². The van der Waals surface area contributed by atoms with Crippen LogP contribution in [0.3, 0.4) is 0 Å². The second kappa shape index (κ2) is 6.73. The summed E-state index contributed by atoms with van der Waals surface area (Å²) < 4.78 is 42.4. The van der Waals surface area contributed by atoms with E-state index in [0.717, 1.165) is 17.2 Å². The molecule has 0 amide bonds. The lowest BCUT2D eigenvalue weighted by atomic mass is 10.1. The molecule has 3 rings (SSSR count). The largest absolute Gasteiger partial charge is 0.275 e. The molecule has 0 aliphatic rings. The van der Waals surface area contributed by atoms with Gasteiger partial charge in [-0.15, -0.1) is 0 Å². The molecular formula is C17H17FN4O2S. The lowest BCUT2D eigenvalue weighted by Crippen LogP contribution is -2.23. The molecule has 3 aromatic rings. The van der Waals surface area contributed by atoms with Crippen LogP contribution in [0.4, 0.5) is 4.39 Å². The number of halogens is 1. The van der Waals surface area contributed by atoms with Crippen molar-refractivity contribution in [2.24, 2.45) is 7.05 Å². The Morgan fingerprint density at radius 2 is 2.08 bits per heavy atom. The molecule has 0 aliphatic heterocycles. The summed E-state index contributed by atoms with van der Waals surface area (Å²) >= 11 is 0. The van der Waals surface area contributed by atoms with Crippen molar-refractivity contribution >= 4 is 10.0 Å². The molecule has 8 heteroatoms. The van der Waals surface area contributed by atoms with E-state index in [4.69, 9.17) is 0 Å². The first-order valence-electron chi connectivity index (χ1n) is 7.55. The standard InChI is InChI=1S/C17H17FN4O2S/c1-12-8-15(5-6-16(12)18)25(23,24)21-10-13-4-3-7-19-17(13)14-9-20-22(2)11-14/h3-9,11,21H,10H2,1-2H3. The van der Waals surface area contributed by atoms with Crippen molar-refractivity contribution in [3.63, 3.8) is 0 Å². The number of nitrogens with zero attached hydrogens (tertiary/aromatic N) is 3. The van der Waals surface area contributed by atoms with Crippen molar-refractivity contribution in [2.45, 2.75) is 18.4 Å². The van der Waals surface area contributed by atoms with Gasteiger partial charge in [0.2, 0.25) is 10.0 Å². The average molecular weight is 360 g/mol. The number of aryl methyl sites for hydroxylation is 2. The molecule has 2 aromatic heterocycles. The molecule has 2 heterocycles. The van der Waals surface area contributed by atoms with Gasteiger partial charge in [-0.05, 0) is 42.3 Å². The Morgan fingerprint density at radius 1 is 1.28 bits per heavy atom. The molecule has 0 fully saturated rings. The van der Waals surface area contributed by atoms with E-state index in [9.17, 15) is 12.8 Å². The molecule has 25 heavy (non-hydrogen) atoms. The smallest absolute Gasteiger partial charge is 0.240 e. The third-order valence-electron chi connectivity index (χ3n) is 3.76. The molecule has 0 radical (unpaired) electrons. The molecular weight excluding hydrogens is 343 g/mol. The third kappa shape index (κ3) is 3.75. The summed E-state index contributed by atoms with van der Waals surface area (Å²) in [7, 11) is -1.96. The van der Waals surface area contributed by atoms with Crippen LogP contribution >= 0.6 is 0 Å². The summed E-state index contributed by atoms with van der Waals surface area (Å²) in [6.07, 6.45) is 5.12. The molecule has 0 saturated carbocycles. The van der Waals surface area contributed by atoms with E-state index < -0.39 is 15.8 Å². The van der Waals surface area contributed by atoms with Gasteiger partial charge in [-0.2, -0.15) is 5.10 Å². The Labute approximate surface area is 145 Å². The first-order chi connectivity index (χ1) is 11.9. The van der Waals surface area contributed by atoms with Gasteiger partial charge in [-0.1, -0.05) is 6.07 Å². The highest BCUT2D eigenvalue weighted by Gasteiger charge is 2.17. The van der Waals surface area contributed by atoms with Gasteiger partial charge in [0, 0.05) is 31.5 Å². The van der Waals surface area contributed by atoms with E-state index in [1.165, 1.54) is 19.1 Å². The monoisotopic (exact) mass is 360 g/mol. The van der Waals surface area contributed by atoms with Gasteiger partial charge in [0.1, 0.15) is 5.82 Å². The molecule has 0 atom stereocenters. The Kier molecular flexibility index (Phi) is 4.65. The van der Waals surface area contributed by atoms with Crippen LogP contribution in [-0.2, 0) is 23.6 Å². The molecule has 1 aromatic carbocycles. The van der Waals surface area contributed by atoms with E-state index >= 15 is 0 Å². The number of benzene rings is 1. The SMILES string of the molecule is Cc1cc(S(=O)(=O)NCc2cccnc2-c2cnn(C)c2)ccc1F. The number of hydrogen-bond donors (Lipinski definition) is 1.